The van der Waals surface area contributed by atoms with Crippen molar-refractivity contribution in [2.24, 2.45) is 5.92 Å². The second-order valence-corrected chi connectivity index (χ2v) is 7.10. The van der Waals surface area contributed by atoms with E-state index in [-0.39, 0.29) is 11.8 Å². The van der Waals surface area contributed by atoms with Crippen molar-refractivity contribution in [3.05, 3.63) is 64.7 Å². The van der Waals surface area contributed by atoms with Crippen LogP contribution in [-0.2, 0) is 17.9 Å². The van der Waals surface area contributed by atoms with Crippen LogP contribution in [0.2, 0.25) is 5.02 Å². The summed E-state index contributed by atoms with van der Waals surface area (Å²) in [7, 11) is 1.65. The summed E-state index contributed by atoms with van der Waals surface area (Å²) in [6, 6.07) is 15.7. The second kappa shape index (κ2) is 9.06. The lowest BCUT2D eigenvalue weighted by Crippen LogP contribution is -2.42. The molecular formula is C21H25ClN2O2. The Bertz CT molecular complexity index is 750. The first-order valence-corrected chi connectivity index (χ1v) is 9.40. The maximum atomic E-state index is 12.6. The van der Waals surface area contributed by atoms with Gasteiger partial charge in [0.15, 0.2) is 0 Å². The highest BCUT2D eigenvalue weighted by Crippen LogP contribution is 2.23. The van der Waals surface area contributed by atoms with Crippen LogP contribution in [0, 0.1) is 5.92 Å². The van der Waals surface area contributed by atoms with Crippen molar-refractivity contribution in [3.8, 4) is 5.75 Å². The van der Waals surface area contributed by atoms with E-state index in [9.17, 15) is 4.79 Å². The lowest BCUT2D eigenvalue weighted by atomic mass is 9.96. The molecule has 1 amide bonds. The molecule has 2 aromatic carbocycles. The number of carbonyl (C=O) groups excluding carboxylic acids is 1. The number of likely N-dealkylation sites (tertiary alicyclic amines) is 1. The smallest absolute Gasteiger partial charge is 0.224 e. The van der Waals surface area contributed by atoms with Crippen molar-refractivity contribution < 1.29 is 9.53 Å². The fourth-order valence-corrected chi connectivity index (χ4v) is 3.65. The first kappa shape index (κ1) is 18.7. The van der Waals surface area contributed by atoms with Crippen molar-refractivity contribution in [3.63, 3.8) is 0 Å². The molecular weight excluding hydrogens is 348 g/mol. The summed E-state index contributed by atoms with van der Waals surface area (Å²) < 4.78 is 5.35. The first-order chi connectivity index (χ1) is 12.7. The Hall–Kier alpha value is -2.04. The van der Waals surface area contributed by atoms with E-state index < -0.39 is 0 Å². The minimum absolute atomic E-state index is 0.0148. The number of carbonyl (C=O) groups is 1. The van der Waals surface area contributed by atoms with Gasteiger partial charge in [-0.05, 0) is 37.1 Å². The molecule has 1 saturated heterocycles. The maximum Gasteiger partial charge on any atom is 0.224 e. The number of benzene rings is 2. The molecule has 0 radical (unpaired) electrons. The molecule has 1 unspecified atom stereocenters. The summed E-state index contributed by atoms with van der Waals surface area (Å²) in [5.74, 6) is 0.928. The van der Waals surface area contributed by atoms with Crippen LogP contribution in [-0.4, -0.2) is 31.0 Å². The van der Waals surface area contributed by atoms with E-state index in [2.05, 4.69) is 10.2 Å². The molecule has 1 heterocycles. The molecule has 2 aromatic rings. The van der Waals surface area contributed by atoms with E-state index in [1.54, 1.807) is 7.11 Å². The third-order valence-electron chi connectivity index (χ3n) is 4.87. The number of hydrogen-bond donors (Lipinski definition) is 1. The van der Waals surface area contributed by atoms with Crippen molar-refractivity contribution in [1.82, 2.24) is 10.2 Å². The zero-order chi connectivity index (χ0) is 18.4. The van der Waals surface area contributed by atoms with Gasteiger partial charge < -0.3 is 10.1 Å². The van der Waals surface area contributed by atoms with Gasteiger partial charge >= 0.3 is 0 Å². The standard InChI is InChI=1S/C21H25ClN2O2/c1-26-20-11-5-3-7-16(20)13-23-21(25)18-9-6-12-24(15-18)14-17-8-2-4-10-19(17)22/h2-5,7-8,10-11,18H,6,9,12-15H2,1H3,(H,23,25). The molecule has 1 fully saturated rings. The molecule has 0 saturated carbocycles. The van der Waals surface area contributed by atoms with Crippen LogP contribution in [0.5, 0.6) is 5.75 Å². The van der Waals surface area contributed by atoms with Crippen LogP contribution in [0.25, 0.3) is 0 Å². The predicted molar refractivity (Wildman–Crippen MR) is 104 cm³/mol. The molecule has 0 aromatic heterocycles. The summed E-state index contributed by atoms with van der Waals surface area (Å²) in [6.07, 6.45) is 1.95. The number of methoxy groups -OCH3 is 1. The van der Waals surface area contributed by atoms with Crippen LogP contribution >= 0.6 is 11.6 Å². The molecule has 1 N–H and O–H groups in total. The van der Waals surface area contributed by atoms with E-state index in [0.29, 0.717) is 6.54 Å². The highest BCUT2D eigenvalue weighted by molar-refractivity contribution is 6.31. The number of piperidine rings is 1. The average Bonchev–Trinajstić information content (AvgIpc) is 2.68. The monoisotopic (exact) mass is 372 g/mol. The minimum Gasteiger partial charge on any atom is -0.496 e. The molecule has 138 valence electrons. The fourth-order valence-electron chi connectivity index (χ4n) is 3.46. The van der Waals surface area contributed by atoms with Gasteiger partial charge in [0.05, 0.1) is 13.0 Å². The van der Waals surface area contributed by atoms with Crippen LogP contribution in [0.4, 0.5) is 0 Å². The van der Waals surface area contributed by atoms with Gasteiger partial charge in [0.25, 0.3) is 0 Å². The van der Waals surface area contributed by atoms with Crippen LogP contribution in [0.1, 0.15) is 24.0 Å². The van der Waals surface area contributed by atoms with Gasteiger partial charge in [0, 0.05) is 30.2 Å². The number of ether oxygens (including phenoxy) is 1. The third-order valence-corrected chi connectivity index (χ3v) is 5.24. The summed E-state index contributed by atoms with van der Waals surface area (Å²) in [6.45, 7) is 3.05. The number of nitrogens with one attached hydrogen (secondary N) is 1. The van der Waals surface area contributed by atoms with Crippen molar-refractivity contribution in [2.75, 3.05) is 20.2 Å². The summed E-state index contributed by atoms with van der Waals surface area (Å²) >= 11 is 6.27. The summed E-state index contributed by atoms with van der Waals surface area (Å²) in [4.78, 5) is 14.9. The molecule has 3 rings (SSSR count). The predicted octanol–water partition coefficient (Wildman–Crippen LogP) is 3.88. The number of rotatable bonds is 6. The zero-order valence-electron chi connectivity index (χ0n) is 15.1. The third kappa shape index (κ3) is 4.77. The number of halogens is 1. The summed E-state index contributed by atoms with van der Waals surface area (Å²) in [5, 5.41) is 3.85. The van der Waals surface area contributed by atoms with Gasteiger partial charge in [-0.1, -0.05) is 48.0 Å². The Morgan fingerprint density at radius 1 is 1.19 bits per heavy atom. The molecule has 0 aliphatic carbocycles. The number of nitrogens with zero attached hydrogens (tertiary/aromatic N) is 1. The van der Waals surface area contributed by atoms with E-state index in [4.69, 9.17) is 16.3 Å². The van der Waals surface area contributed by atoms with E-state index in [1.807, 2.05) is 48.5 Å². The molecule has 26 heavy (non-hydrogen) atoms. The molecule has 4 nitrogen and oxygen atoms in total. The van der Waals surface area contributed by atoms with Gasteiger partial charge in [0.2, 0.25) is 5.91 Å². The van der Waals surface area contributed by atoms with Crippen molar-refractivity contribution >= 4 is 17.5 Å². The Balaban J connectivity index is 1.55. The van der Waals surface area contributed by atoms with Crippen molar-refractivity contribution in [1.29, 1.82) is 0 Å². The Morgan fingerprint density at radius 2 is 1.92 bits per heavy atom. The van der Waals surface area contributed by atoms with Gasteiger partial charge in [-0.25, -0.2) is 0 Å². The lowest BCUT2D eigenvalue weighted by Gasteiger charge is -2.32. The molecule has 5 heteroatoms. The van der Waals surface area contributed by atoms with Gasteiger partial charge in [0.1, 0.15) is 5.75 Å². The molecule has 0 spiro atoms. The van der Waals surface area contributed by atoms with Gasteiger partial charge in [-0.2, -0.15) is 0 Å². The van der Waals surface area contributed by atoms with Gasteiger partial charge in [-0.3, -0.25) is 9.69 Å². The number of hydrogen-bond acceptors (Lipinski definition) is 3. The van der Waals surface area contributed by atoms with E-state index in [0.717, 1.165) is 54.4 Å². The lowest BCUT2D eigenvalue weighted by molar-refractivity contribution is -0.126. The molecule has 1 aliphatic rings. The van der Waals surface area contributed by atoms with Crippen LogP contribution < -0.4 is 10.1 Å². The van der Waals surface area contributed by atoms with E-state index in [1.165, 1.54) is 0 Å². The Labute approximate surface area is 160 Å². The minimum atomic E-state index is 0.0148. The normalized spacial score (nSPS) is 17.7. The SMILES string of the molecule is COc1ccccc1CNC(=O)C1CCCN(Cc2ccccc2Cl)C1. The quantitative estimate of drug-likeness (QED) is 0.836. The Kier molecular flexibility index (Phi) is 6.53. The first-order valence-electron chi connectivity index (χ1n) is 9.02. The van der Waals surface area contributed by atoms with Crippen molar-refractivity contribution in [2.45, 2.75) is 25.9 Å². The van der Waals surface area contributed by atoms with Crippen LogP contribution in [0.3, 0.4) is 0 Å². The fraction of sp³-hybridized carbons (Fsp3) is 0.381. The Morgan fingerprint density at radius 3 is 2.69 bits per heavy atom. The largest absolute Gasteiger partial charge is 0.496 e. The number of amides is 1. The number of para-hydroxylation sites is 1. The zero-order valence-corrected chi connectivity index (χ0v) is 15.8. The average molecular weight is 373 g/mol. The molecule has 1 atom stereocenters. The van der Waals surface area contributed by atoms with Gasteiger partial charge in [-0.15, -0.1) is 0 Å². The summed E-state index contributed by atoms with van der Waals surface area (Å²) in [5.41, 5.74) is 2.11. The molecule has 1 aliphatic heterocycles. The highest BCUT2D eigenvalue weighted by atomic mass is 35.5. The maximum absolute atomic E-state index is 12.6. The highest BCUT2D eigenvalue weighted by Gasteiger charge is 2.26. The molecule has 0 bridgehead atoms. The topological polar surface area (TPSA) is 41.6 Å². The van der Waals surface area contributed by atoms with Crippen LogP contribution in [0.15, 0.2) is 48.5 Å². The van der Waals surface area contributed by atoms with E-state index >= 15 is 0 Å². The second-order valence-electron chi connectivity index (χ2n) is 6.70.